The Bertz CT molecular complexity index is 894. The number of hydrogen-bond donors (Lipinski definition) is 0. The van der Waals surface area contributed by atoms with Gasteiger partial charge in [0.1, 0.15) is 5.75 Å². The van der Waals surface area contributed by atoms with Crippen LogP contribution in [0.1, 0.15) is 10.4 Å². The second kappa shape index (κ2) is 6.47. The maximum absolute atomic E-state index is 11.5. The molecule has 23 heavy (non-hydrogen) atoms. The minimum atomic E-state index is -3.58. The van der Waals surface area contributed by atoms with E-state index in [0.29, 0.717) is 16.3 Å². The van der Waals surface area contributed by atoms with E-state index in [-0.39, 0.29) is 16.4 Å². The first kappa shape index (κ1) is 17.1. The maximum Gasteiger partial charge on any atom is 0.312 e. The summed E-state index contributed by atoms with van der Waals surface area (Å²) in [5.74, 6) is 0.0899. The molecule has 0 saturated carbocycles. The second-order valence-electron chi connectivity index (χ2n) is 4.56. The van der Waals surface area contributed by atoms with Gasteiger partial charge in [-0.3, -0.25) is 14.9 Å². The molecule has 120 valence electrons. The van der Waals surface area contributed by atoms with Crippen LogP contribution in [0.25, 0.3) is 0 Å². The molecule has 0 aliphatic heterocycles. The van der Waals surface area contributed by atoms with Gasteiger partial charge in [0.05, 0.1) is 9.82 Å². The largest absolute Gasteiger partial charge is 0.450 e. The summed E-state index contributed by atoms with van der Waals surface area (Å²) in [5, 5.41) is 11.1. The molecule has 0 unspecified atom stereocenters. The van der Waals surface area contributed by atoms with E-state index in [1.54, 1.807) is 6.07 Å². The fourth-order valence-corrected chi connectivity index (χ4v) is 2.74. The molecule has 0 fully saturated rings. The molecular weight excluding hydrogens is 390 g/mol. The monoisotopic (exact) mass is 399 g/mol. The van der Waals surface area contributed by atoms with Crippen LogP contribution in [0.5, 0.6) is 11.5 Å². The highest BCUT2D eigenvalue weighted by Gasteiger charge is 2.20. The Morgan fingerprint density at radius 2 is 1.91 bits per heavy atom. The number of ether oxygens (including phenoxy) is 1. The van der Waals surface area contributed by atoms with Crippen molar-refractivity contribution in [1.82, 2.24) is 0 Å². The highest BCUT2D eigenvalue weighted by molar-refractivity contribution is 9.10. The molecule has 0 heterocycles. The molecule has 0 amide bonds. The van der Waals surface area contributed by atoms with Crippen molar-refractivity contribution >= 4 is 37.7 Å². The zero-order valence-electron chi connectivity index (χ0n) is 11.7. The molecule has 0 atom stereocenters. The van der Waals surface area contributed by atoms with E-state index in [0.717, 1.165) is 12.3 Å². The van der Waals surface area contributed by atoms with E-state index >= 15 is 0 Å². The summed E-state index contributed by atoms with van der Waals surface area (Å²) >= 11 is 3.18. The Balaban J connectivity index is 2.47. The molecule has 2 rings (SSSR count). The molecule has 2 aromatic rings. The minimum absolute atomic E-state index is 0.124. The SMILES string of the molecule is CS(=O)(=O)c1ccc(Oc2ccc(Br)c(C=O)c2)c([N+](=O)[O-])c1. The van der Waals surface area contributed by atoms with Crippen molar-refractivity contribution in [3.8, 4) is 11.5 Å². The maximum atomic E-state index is 11.5. The first-order valence-corrected chi connectivity index (χ1v) is 8.82. The number of carbonyl (C=O) groups excluding carboxylic acids is 1. The van der Waals surface area contributed by atoms with Gasteiger partial charge in [0.15, 0.2) is 16.1 Å². The van der Waals surface area contributed by atoms with Gasteiger partial charge in [-0.1, -0.05) is 15.9 Å². The first-order valence-electron chi connectivity index (χ1n) is 6.13. The number of sulfone groups is 1. The van der Waals surface area contributed by atoms with E-state index in [4.69, 9.17) is 4.74 Å². The Hall–Kier alpha value is -2.26. The lowest BCUT2D eigenvalue weighted by molar-refractivity contribution is -0.385. The average molecular weight is 400 g/mol. The third-order valence-electron chi connectivity index (χ3n) is 2.88. The van der Waals surface area contributed by atoms with Gasteiger partial charge in [0.25, 0.3) is 0 Å². The number of carbonyl (C=O) groups is 1. The minimum Gasteiger partial charge on any atom is -0.450 e. The van der Waals surface area contributed by atoms with Crippen LogP contribution in [0.15, 0.2) is 45.8 Å². The van der Waals surface area contributed by atoms with Gasteiger partial charge >= 0.3 is 5.69 Å². The molecule has 0 radical (unpaired) electrons. The smallest absolute Gasteiger partial charge is 0.312 e. The predicted octanol–water partition coefficient (Wildman–Crippen LogP) is 3.37. The van der Waals surface area contributed by atoms with Crippen molar-refractivity contribution < 1.29 is 22.9 Å². The molecule has 0 N–H and O–H groups in total. The Kier molecular flexibility index (Phi) is 4.81. The lowest BCUT2D eigenvalue weighted by atomic mass is 10.2. The molecular formula is C14H10BrNO6S. The Morgan fingerprint density at radius 3 is 2.48 bits per heavy atom. The van der Waals surface area contributed by atoms with Gasteiger partial charge in [-0.05, 0) is 30.3 Å². The van der Waals surface area contributed by atoms with Crippen LogP contribution in [0.3, 0.4) is 0 Å². The van der Waals surface area contributed by atoms with E-state index in [9.17, 15) is 23.3 Å². The Morgan fingerprint density at radius 1 is 1.22 bits per heavy atom. The van der Waals surface area contributed by atoms with Crippen LogP contribution in [0.2, 0.25) is 0 Å². The molecule has 0 spiro atoms. The number of hydrogen-bond acceptors (Lipinski definition) is 6. The van der Waals surface area contributed by atoms with Gasteiger partial charge in [0, 0.05) is 22.4 Å². The number of halogens is 1. The molecule has 0 saturated heterocycles. The van der Waals surface area contributed by atoms with Gasteiger partial charge in [-0.15, -0.1) is 0 Å². The van der Waals surface area contributed by atoms with Crippen molar-refractivity contribution in [3.05, 3.63) is 56.5 Å². The lowest BCUT2D eigenvalue weighted by Crippen LogP contribution is -2.00. The van der Waals surface area contributed by atoms with Crippen LogP contribution in [0.4, 0.5) is 5.69 Å². The molecule has 0 aliphatic carbocycles. The number of aldehydes is 1. The van der Waals surface area contributed by atoms with E-state index < -0.39 is 20.4 Å². The summed E-state index contributed by atoms with van der Waals surface area (Å²) in [7, 11) is -3.58. The van der Waals surface area contributed by atoms with Crippen LogP contribution < -0.4 is 4.74 Å². The lowest BCUT2D eigenvalue weighted by Gasteiger charge is -2.08. The predicted molar refractivity (Wildman–Crippen MR) is 85.8 cm³/mol. The third kappa shape index (κ3) is 3.93. The molecule has 0 aromatic heterocycles. The summed E-state index contributed by atoms with van der Waals surface area (Å²) < 4.78 is 29.0. The summed E-state index contributed by atoms with van der Waals surface area (Å²) in [5.41, 5.74) is -0.165. The number of benzene rings is 2. The summed E-state index contributed by atoms with van der Waals surface area (Å²) in [6.45, 7) is 0. The highest BCUT2D eigenvalue weighted by atomic mass is 79.9. The number of nitro benzene ring substituents is 1. The molecule has 0 bridgehead atoms. The van der Waals surface area contributed by atoms with Crippen molar-refractivity contribution in [1.29, 1.82) is 0 Å². The fraction of sp³-hybridized carbons (Fsp3) is 0.0714. The summed E-state index contributed by atoms with van der Waals surface area (Å²) in [6, 6.07) is 7.85. The van der Waals surface area contributed by atoms with Crippen molar-refractivity contribution in [2.75, 3.05) is 6.26 Å². The summed E-state index contributed by atoms with van der Waals surface area (Å²) in [4.78, 5) is 21.1. The standard InChI is InChI=1S/C14H10BrNO6S/c1-23(20,21)11-3-5-14(13(7-11)16(18)19)22-10-2-4-12(15)9(6-10)8-17/h2-8H,1H3. The number of rotatable bonds is 5. The van der Waals surface area contributed by atoms with Gasteiger partial charge < -0.3 is 4.74 Å². The second-order valence-corrected chi connectivity index (χ2v) is 7.43. The van der Waals surface area contributed by atoms with E-state index in [1.165, 1.54) is 24.3 Å². The van der Waals surface area contributed by atoms with Crippen LogP contribution in [0, 0.1) is 10.1 Å². The van der Waals surface area contributed by atoms with Crippen LogP contribution >= 0.6 is 15.9 Å². The van der Waals surface area contributed by atoms with Gasteiger partial charge in [-0.25, -0.2) is 8.42 Å². The van der Waals surface area contributed by atoms with Crippen LogP contribution in [-0.4, -0.2) is 25.9 Å². The molecule has 2 aromatic carbocycles. The number of nitrogens with zero attached hydrogens (tertiary/aromatic N) is 1. The van der Waals surface area contributed by atoms with Crippen molar-refractivity contribution in [3.63, 3.8) is 0 Å². The van der Waals surface area contributed by atoms with Crippen LogP contribution in [-0.2, 0) is 9.84 Å². The van der Waals surface area contributed by atoms with E-state index in [2.05, 4.69) is 15.9 Å². The third-order valence-corrected chi connectivity index (χ3v) is 4.71. The van der Waals surface area contributed by atoms with E-state index in [1.807, 2.05) is 0 Å². The Labute approximate surface area is 140 Å². The average Bonchev–Trinajstić information content (AvgIpc) is 2.48. The highest BCUT2D eigenvalue weighted by Crippen LogP contribution is 2.34. The summed E-state index contributed by atoms with van der Waals surface area (Å²) in [6.07, 6.45) is 1.57. The molecule has 9 heteroatoms. The van der Waals surface area contributed by atoms with Gasteiger partial charge in [-0.2, -0.15) is 0 Å². The molecule has 0 aliphatic rings. The quantitative estimate of drug-likeness (QED) is 0.433. The van der Waals surface area contributed by atoms with Crippen molar-refractivity contribution in [2.45, 2.75) is 4.90 Å². The van der Waals surface area contributed by atoms with Gasteiger partial charge in [0.2, 0.25) is 5.75 Å². The first-order chi connectivity index (χ1) is 10.7. The topological polar surface area (TPSA) is 104 Å². The van der Waals surface area contributed by atoms with Crippen molar-refractivity contribution in [2.24, 2.45) is 0 Å². The zero-order valence-corrected chi connectivity index (χ0v) is 14.1. The zero-order chi connectivity index (χ0) is 17.2. The normalized spacial score (nSPS) is 11.0. The molecule has 7 nitrogen and oxygen atoms in total. The number of nitro groups is 1. The fourth-order valence-electron chi connectivity index (χ4n) is 1.76.